The Bertz CT molecular complexity index is 299. The molecule has 0 aromatic carbocycles. The quantitative estimate of drug-likeness (QED) is 0.628. The van der Waals surface area contributed by atoms with Crippen molar-refractivity contribution in [1.29, 1.82) is 0 Å². The molecule has 0 aliphatic rings. The third-order valence-corrected chi connectivity index (χ3v) is 1.76. The van der Waals surface area contributed by atoms with Gasteiger partial charge in [0, 0.05) is 0 Å². The van der Waals surface area contributed by atoms with Crippen molar-refractivity contribution >= 4 is 11.1 Å². The molecule has 74 valence electrons. The monoisotopic (exact) mass is 203 g/mol. The fourth-order valence-electron chi connectivity index (χ4n) is 0.844. The average molecular weight is 203 g/mol. The van der Waals surface area contributed by atoms with Crippen molar-refractivity contribution in [2.45, 2.75) is 26.1 Å². The van der Waals surface area contributed by atoms with Crippen LogP contribution in [0.2, 0.25) is 0 Å². The molecule has 1 aromatic heterocycles. The lowest BCUT2D eigenvalue weighted by Gasteiger charge is -2.01. The molecule has 0 fully saturated rings. The van der Waals surface area contributed by atoms with E-state index in [1.165, 1.54) is 4.80 Å². The lowest BCUT2D eigenvalue weighted by atomic mass is 10.2. The summed E-state index contributed by atoms with van der Waals surface area (Å²) < 4.78 is 20.6. The minimum atomic E-state index is -2.14. The van der Waals surface area contributed by atoms with E-state index in [0.717, 1.165) is 0 Å². The molecule has 0 bridgehead atoms. The molecular weight excluding hydrogens is 192 g/mol. The summed E-state index contributed by atoms with van der Waals surface area (Å²) in [6.45, 7) is 4.70. The zero-order chi connectivity index (χ0) is 9.84. The number of hydrogen-bond acceptors (Lipinski definition) is 5. The van der Waals surface area contributed by atoms with Gasteiger partial charge in [0.15, 0.2) is 5.82 Å². The molecule has 1 unspecified atom stereocenters. The highest BCUT2D eigenvalue weighted by Crippen LogP contribution is 1.96. The number of nitrogens with zero attached hydrogens (tertiary/aromatic N) is 4. The van der Waals surface area contributed by atoms with Crippen LogP contribution in [0.1, 0.15) is 19.7 Å². The second-order valence-corrected chi connectivity index (χ2v) is 4.00. The fraction of sp³-hybridized carbons (Fsp3) is 0.833. The predicted octanol–water partition coefficient (Wildman–Crippen LogP) is -0.292. The molecule has 0 amide bonds. The fourth-order valence-corrected chi connectivity index (χ4v) is 1.17. The summed E-state index contributed by atoms with van der Waals surface area (Å²) in [5.74, 6) is 0.492. The van der Waals surface area contributed by atoms with Gasteiger partial charge in [-0.3, -0.25) is 4.21 Å². The molecule has 6 nitrogen and oxygen atoms in total. The summed E-state index contributed by atoms with van der Waals surface area (Å²) >= 11 is -2.14. The van der Waals surface area contributed by atoms with Gasteiger partial charge in [-0.05, 0) is 22.2 Å². The van der Waals surface area contributed by atoms with Crippen molar-refractivity contribution in [1.82, 2.24) is 20.2 Å². The zero-order valence-corrected chi connectivity index (χ0v) is 8.32. The first kappa shape index (κ1) is 10.3. The van der Waals surface area contributed by atoms with Gasteiger partial charge < -0.3 is 4.55 Å². The van der Waals surface area contributed by atoms with E-state index in [-0.39, 0.29) is 11.6 Å². The smallest absolute Gasteiger partial charge is 0.186 e. The maximum absolute atomic E-state index is 10.3. The molecule has 0 N–H and O–H groups in total. The molecule has 0 aliphatic heterocycles. The molecule has 1 heterocycles. The third-order valence-electron chi connectivity index (χ3n) is 1.27. The van der Waals surface area contributed by atoms with Crippen molar-refractivity contribution in [2.75, 3.05) is 0 Å². The molecular formula is C6H11N4O2S-. The molecule has 7 heteroatoms. The van der Waals surface area contributed by atoms with Gasteiger partial charge in [-0.25, -0.2) is 0 Å². The van der Waals surface area contributed by atoms with E-state index < -0.39 is 11.1 Å². The molecule has 0 aliphatic carbocycles. The molecule has 1 aromatic rings. The van der Waals surface area contributed by atoms with Crippen LogP contribution in [0.3, 0.4) is 0 Å². The van der Waals surface area contributed by atoms with Gasteiger partial charge in [0.05, 0.1) is 12.3 Å². The number of aromatic nitrogens is 4. The minimum absolute atomic E-state index is 0.169. The first-order valence-electron chi connectivity index (χ1n) is 3.90. The first-order chi connectivity index (χ1) is 6.08. The van der Waals surface area contributed by atoms with Crippen molar-refractivity contribution in [3.63, 3.8) is 0 Å². The van der Waals surface area contributed by atoms with E-state index in [0.29, 0.717) is 12.5 Å². The lowest BCUT2D eigenvalue weighted by Crippen LogP contribution is -2.08. The number of rotatable bonds is 4. The third kappa shape index (κ3) is 3.60. The second kappa shape index (κ2) is 4.43. The van der Waals surface area contributed by atoms with Gasteiger partial charge in [0.25, 0.3) is 0 Å². The van der Waals surface area contributed by atoms with Gasteiger partial charge in [-0.1, -0.05) is 13.8 Å². The largest absolute Gasteiger partial charge is 0.772 e. The van der Waals surface area contributed by atoms with Crippen LogP contribution in [-0.2, 0) is 23.4 Å². The van der Waals surface area contributed by atoms with Crippen LogP contribution in [0.4, 0.5) is 0 Å². The van der Waals surface area contributed by atoms with Crippen LogP contribution in [0, 0.1) is 5.92 Å². The van der Waals surface area contributed by atoms with Gasteiger partial charge in [0.2, 0.25) is 0 Å². The Morgan fingerprint density at radius 3 is 2.85 bits per heavy atom. The molecule has 0 radical (unpaired) electrons. The summed E-state index contributed by atoms with van der Waals surface area (Å²) in [5.41, 5.74) is 0. The SMILES string of the molecule is CC(C)Cn1nnc(CS(=O)[O-])n1. The van der Waals surface area contributed by atoms with E-state index >= 15 is 0 Å². The summed E-state index contributed by atoms with van der Waals surface area (Å²) in [4.78, 5) is 1.41. The standard InChI is InChI=1S/C6H12N4O2S/c1-5(2)3-10-8-6(7-9-10)4-13(11)12/h5H,3-4H2,1-2H3,(H,11,12)/p-1. The second-order valence-electron chi connectivity index (χ2n) is 3.10. The van der Waals surface area contributed by atoms with Crippen LogP contribution in [0.5, 0.6) is 0 Å². The van der Waals surface area contributed by atoms with E-state index in [1.54, 1.807) is 0 Å². The van der Waals surface area contributed by atoms with Crippen LogP contribution >= 0.6 is 0 Å². The highest BCUT2D eigenvalue weighted by molar-refractivity contribution is 7.78. The van der Waals surface area contributed by atoms with Gasteiger partial charge >= 0.3 is 0 Å². The minimum Gasteiger partial charge on any atom is -0.772 e. The van der Waals surface area contributed by atoms with Crippen LogP contribution < -0.4 is 0 Å². The molecule has 0 spiro atoms. The summed E-state index contributed by atoms with van der Waals surface area (Å²) in [6.07, 6.45) is 0. The predicted molar refractivity (Wildman–Crippen MR) is 45.3 cm³/mol. The highest BCUT2D eigenvalue weighted by atomic mass is 32.2. The van der Waals surface area contributed by atoms with Crippen LogP contribution in [-0.4, -0.2) is 29.0 Å². The molecule has 1 atom stereocenters. The van der Waals surface area contributed by atoms with E-state index in [1.807, 2.05) is 13.8 Å². The van der Waals surface area contributed by atoms with E-state index in [4.69, 9.17) is 0 Å². The van der Waals surface area contributed by atoms with Crippen molar-refractivity contribution in [3.8, 4) is 0 Å². The Balaban J connectivity index is 2.58. The van der Waals surface area contributed by atoms with Gasteiger partial charge in [-0.15, -0.1) is 10.2 Å². The lowest BCUT2D eigenvalue weighted by molar-refractivity contribution is 0.428. The summed E-state index contributed by atoms with van der Waals surface area (Å²) in [7, 11) is 0. The molecule has 0 saturated carbocycles. The zero-order valence-electron chi connectivity index (χ0n) is 7.51. The maximum Gasteiger partial charge on any atom is 0.186 e. The topological polar surface area (TPSA) is 83.7 Å². The Hall–Kier alpha value is -0.820. The molecule has 1 rings (SSSR count). The van der Waals surface area contributed by atoms with E-state index in [2.05, 4.69) is 15.4 Å². The first-order valence-corrected chi connectivity index (χ1v) is 5.15. The maximum atomic E-state index is 10.3. The molecule has 0 saturated heterocycles. The normalized spacial score (nSPS) is 13.5. The summed E-state index contributed by atoms with van der Waals surface area (Å²) in [6, 6.07) is 0. The Morgan fingerprint density at radius 2 is 2.31 bits per heavy atom. The van der Waals surface area contributed by atoms with Gasteiger partial charge in [-0.2, -0.15) is 4.80 Å². The average Bonchev–Trinajstić information content (AvgIpc) is 2.33. The Kier molecular flexibility index (Phi) is 3.49. The highest BCUT2D eigenvalue weighted by Gasteiger charge is 2.03. The van der Waals surface area contributed by atoms with Crippen molar-refractivity contribution < 1.29 is 8.76 Å². The molecule has 13 heavy (non-hydrogen) atoms. The number of hydrogen-bond donors (Lipinski definition) is 0. The summed E-state index contributed by atoms with van der Waals surface area (Å²) in [5, 5.41) is 11.2. The number of tetrazole rings is 1. The van der Waals surface area contributed by atoms with Gasteiger partial charge in [0.1, 0.15) is 0 Å². The van der Waals surface area contributed by atoms with Crippen molar-refractivity contribution in [3.05, 3.63) is 5.82 Å². The Labute approximate surface area is 78.6 Å². The van der Waals surface area contributed by atoms with Crippen LogP contribution in [0.25, 0.3) is 0 Å². The van der Waals surface area contributed by atoms with Crippen molar-refractivity contribution in [2.24, 2.45) is 5.92 Å². The Morgan fingerprint density at radius 1 is 1.62 bits per heavy atom. The van der Waals surface area contributed by atoms with Crippen LogP contribution in [0.15, 0.2) is 0 Å². The van der Waals surface area contributed by atoms with E-state index in [9.17, 15) is 8.76 Å².